The van der Waals surface area contributed by atoms with Crippen LogP contribution in [0.2, 0.25) is 0 Å². The average molecular weight is 190 g/mol. The van der Waals surface area contributed by atoms with E-state index in [1.165, 1.54) is 31.2 Å². The van der Waals surface area contributed by atoms with Crippen LogP contribution >= 0.6 is 0 Å². The number of rotatable bonds is 5. The number of hydrogen-bond donors (Lipinski definition) is 0. The van der Waals surface area contributed by atoms with Crippen LogP contribution in [0.1, 0.15) is 52.0 Å². The highest BCUT2D eigenvalue weighted by Crippen LogP contribution is 2.35. The summed E-state index contributed by atoms with van der Waals surface area (Å²) in [6.45, 7) is 6.90. The molecule has 0 heteroatoms. The van der Waals surface area contributed by atoms with E-state index >= 15 is 0 Å². The van der Waals surface area contributed by atoms with Crippen LogP contribution in [0.15, 0.2) is 30.3 Å². The molecule has 0 saturated heterocycles. The minimum atomic E-state index is 0.427. The highest BCUT2D eigenvalue weighted by atomic mass is 14.3. The third kappa shape index (κ3) is 2.17. The highest BCUT2D eigenvalue weighted by molar-refractivity contribution is 5.24. The van der Waals surface area contributed by atoms with Crippen molar-refractivity contribution in [2.75, 3.05) is 0 Å². The second kappa shape index (κ2) is 5.19. The molecule has 0 unspecified atom stereocenters. The van der Waals surface area contributed by atoms with Crippen LogP contribution in [-0.4, -0.2) is 0 Å². The monoisotopic (exact) mass is 190 g/mol. The number of benzene rings is 1. The molecule has 0 aromatic heterocycles. The van der Waals surface area contributed by atoms with Gasteiger partial charge in [-0.2, -0.15) is 0 Å². The molecule has 0 saturated carbocycles. The van der Waals surface area contributed by atoms with Gasteiger partial charge in [-0.15, -0.1) is 0 Å². The van der Waals surface area contributed by atoms with Gasteiger partial charge in [-0.05, 0) is 30.2 Å². The zero-order chi connectivity index (χ0) is 10.4. The smallest absolute Gasteiger partial charge is 0.00523 e. The van der Waals surface area contributed by atoms with Crippen LogP contribution in [0.5, 0.6) is 0 Å². The van der Waals surface area contributed by atoms with E-state index in [2.05, 4.69) is 51.1 Å². The first-order valence-corrected chi connectivity index (χ1v) is 5.84. The Labute approximate surface area is 88.4 Å². The molecule has 0 aliphatic heterocycles. The van der Waals surface area contributed by atoms with Gasteiger partial charge in [0.15, 0.2) is 0 Å². The van der Waals surface area contributed by atoms with Crippen LogP contribution in [0, 0.1) is 0 Å². The van der Waals surface area contributed by atoms with E-state index in [1.54, 1.807) is 0 Å². The molecule has 1 aromatic rings. The Morgan fingerprint density at radius 1 is 0.929 bits per heavy atom. The van der Waals surface area contributed by atoms with E-state index in [-0.39, 0.29) is 0 Å². The van der Waals surface area contributed by atoms with Crippen molar-refractivity contribution in [1.82, 2.24) is 0 Å². The third-order valence-electron chi connectivity index (χ3n) is 3.47. The van der Waals surface area contributed by atoms with Crippen LogP contribution in [0.25, 0.3) is 0 Å². The maximum atomic E-state index is 2.31. The van der Waals surface area contributed by atoms with E-state index in [1.807, 2.05) is 0 Å². The highest BCUT2D eigenvalue weighted by Gasteiger charge is 2.26. The van der Waals surface area contributed by atoms with Gasteiger partial charge < -0.3 is 0 Å². The lowest BCUT2D eigenvalue weighted by atomic mass is 9.73. The molecule has 0 atom stereocenters. The zero-order valence-corrected chi connectivity index (χ0v) is 9.72. The summed E-state index contributed by atoms with van der Waals surface area (Å²) in [6.07, 6.45) is 5.09. The molecular formula is C14H22. The van der Waals surface area contributed by atoms with Crippen molar-refractivity contribution in [1.29, 1.82) is 0 Å². The van der Waals surface area contributed by atoms with Gasteiger partial charge >= 0.3 is 0 Å². The zero-order valence-electron chi connectivity index (χ0n) is 9.72. The van der Waals surface area contributed by atoms with Gasteiger partial charge in [0, 0.05) is 0 Å². The molecule has 0 aliphatic rings. The van der Waals surface area contributed by atoms with Gasteiger partial charge in [0.05, 0.1) is 0 Å². The van der Waals surface area contributed by atoms with E-state index in [9.17, 15) is 0 Å². The predicted octanol–water partition coefficient (Wildman–Crippen LogP) is 4.54. The van der Waals surface area contributed by atoms with Gasteiger partial charge in [-0.25, -0.2) is 0 Å². The van der Waals surface area contributed by atoms with Crippen molar-refractivity contribution in [3.8, 4) is 0 Å². The molecule has 1 aromatic carbocycles. The summed E-state index contributed by atoms with van der Waals surface area (Å²) in [5, 5.41) is 0. The first-order chi connectivity index (χ1) is 6.79. The molecule has 14 heavy (non-hydrogen) atoms. The van der Waals surface area contributed by atoms with Crippen molar-refractivity contribution in [3.05, 3.63) is 35.9 Å². The minimum absolute atomic E-state index is 0.427. The summed E-state index contributed by atoms with van der Waals surface area (Å²) in [6, 6.07) is 11.0. The molecule has 0 nitrogen and oxygen atoms in total. The third-order valence-corrected chi connectivity index (χ3v) is 3.47. The Morgan fingerprint density at radius 2 is 1.50 bits per heavy atom. The summed E-state index contributed by atoms with van der Waals surface area (Å²) in [4.78, 5) is 0. The molecule has 0 spiro atoms. The Morgan fingerprint density at radius 3 is 1.93 bits per heavy atom. The first-order valence-electron chi connectivity index (χ1n) is 5.84. The van der Waals surface area contributed by atoms with Gasteiger partial charge in [-0.3, -0.25) is 0 Å². The Hall–Kier alpha value is -0.780. The minimum Gasteiger partial charge on any atom is -0.0654 e. The molecule has 78 valence electrons. The first kappa shape index (κ1) is 11.3. The van der Waals surface area contributed by atoms with Crippen molar-refractivity contribution >= 4 is 0 Å². The lowest BCUT2D eigenvalue weighted by Gasteiger charge is -2.32. The molecule has 0 N–H and O–H groups in total. The van der Waals surface area contributed by atoms with Gasteiger partial charge in [0.2, 0.25) is 0 Å². The maximum Gasteiger partial charge on any atom is -0.00523 e. The molecule has 0 radical (unpaired) electrons. The summed E-state index contributed by atoms with van der Waals surface area (Å²) in [5.41, 5.74) is 1.95. The van der Waals surface area contributed by atoms with E-state index in [4.69, 9.17) is 0 Å². The quantitative estimate of drug-likeness (QED) is 0.639. The Kier molecular flexibility index (Phi) is 4.19. The van der Waals surface area contributed by atoms with Gasteiger partial charge in [0.1, 0.15) is 0 Å². The van der Waals surface area contributed by atoms with Gasteiger partial charge in [0.25, 0.3) is 0 Å². The van der Waals surface area contributed by atoms with E-state index < -0.39 is 0 Å². The summed E-state index contributed by atoms with van der Waals surface area (Å²) in [7, 11) is 0. The van der Waals surface area contributed by atoms with Crippen LogP contribution in [0.3, 0.4) is 0 Å². The van der Waals surface area contributed by atoms with Crippen LogP contribution in [0.4, 0.5) is 0 Å². The molecular weight excluding hydrogens is 168 g/mol. The Balaban J connectivity index is 2.98. The van der Waals surface area contributed by atoms with Crippen molar-refractivity contribution in [2.45, 2.75) is 51.9 Å². The van der Waals surface area contributed by atoms with Crippen molar-refractivity contribution < 1.29 is 0 Å². The predicted molar refractivity (Wildman–Crippen MR) is 63.6 cm³/mol. The second-order valence-electron chi connectivity index (χ2n) is 4.10. The fraction of sp³-hybridized carbons (Fsp3) is 0.571. The van der Waals surface area contributed by atoms with Crippen LogP contribution in [-0.2, 0) is 5.41 Å². The standard InChI is InChI=1S/C14H22/c1-4-12-14(5-2,6-3)13-10-8-7-9-11-13/h7-11H,4-6,12H2,1-3H3. The lowest BCUT2D eigenvalue weighted by Crippen LogP contribution is -2.23. The molecule has 1 rings (SSSR count). The van der Waals surface area contributed by atoms with E-state index in [0.717, 1.165) is 0 Å². The molecule has 0 bridgehead atoms. The van der Waals surface area contributed by atoms with E-state index in [0.29, 0.717) is 5.41 Å². The topological polar surface area (TPSA) is 0 Å². The second-order valence-corrected chi connectivity index (χ2v) is 4.10. The van der Waals surface area contributed by atoms with Crippen LogP contribution < -0.4 is 0 Å². The fourth-order valence-corrected chi connectivity index (χ4v) is 2.43. The largest absolute Gasteiger partial charge is 0.0654 e. The summed E-state index contributed by atoms with van der Waals surface area (Å²) >= 11 is 0. The van der Waals surface area contributed by atoms with Gasteiger partial charge in [-0.1, -0.05) is 57.5 Å². The molecule has 0 heterocycles. The summed E-state index contributed by atoms with van der Waals surface area (Å²) in [5.74, 6) is 0. The molecule has 0 aliphatic carbocycles. The maximum absolute atomic E-state index is 2.31. The summed E-state index contributed by atoms with van der Waals surface area (Å²) < 4.78 is 0. The van der Waals surface area contributed by atoms with Crippen molar-refractivity contribution in [2.24, 2.45) is 0 Å². The Bertz CT molecular complexity index is 244. The molecule has 0 amide bonds. The average Bonchev–Trinajstić information content (AvgIpc) is 2.27. The van der Waals surface area contributed by atoms with Crippen molar-refractivity contribution in [3.63, 3.8) is 0 Å². The fourth-order valence-electron chi connectivity index (χ4n) is 2.43. The SMILES string of the molecule is CCCC(CC)(CC)c1ccccc1. The molecule has 0 fully saturated rings. The lowest BCUT2D eigenvalue weighted by molar-refractivity contribution is 0.361. The normalized spacial score (nSPS) is 11.6. The number of hydrogen-bond acceptors (Lipinski definition) is 0.